The summed E-state index contributed by atoms with van der Waals surface area (Å²) in [5.41, 5.74) is 13.6. The number of fused-ring (bicyclic) bond motifs is 3. The first-order valence-electron chi connectivity index (χ1n) is 24.4. The van der Waals surface area contributed by atoms with Crippen molar-refractivity contribution in [2.24, 2.45) is 0 Å². The molecule has 0 bridgehead atoms. The minimum atomic E-state index is -0.329. The molecule has 7 aromatic carbocycles. The molecule has 10 rings (SSSR count). The maximum atomic E-state index is 7.12. The van der Waals surface area contributed by atoms with Crippen molar-refractivity contribution in [3.8, 4) is 17.3 Å². The first-order chi connectivity index (χ1) is 32.9. The molecule has 1 aliphatic rings. The standard InChI is InChI=1S/C64H64N4O/c1-61(2,3)48-34-49(62(4,5)6)36-52(35-48)67-43-66(42-59(67)44-22-14-11-15-23-44)51-37-50(64(9,10)46-26-18-13-19-27-46)38-54(40-51)69-53-30-31-56-55-28-20-21-29-57(55)68(58(56)41-53)60-39-47(32-33-65-60)63(7,8)45-24-16-12-17-25-45/h11-42H,43H2,1-10H3. The fraction of sp³-hybridized carbons (Fsp3) is 0.234. The van der Waals surface area contributed by atoms with Gasteiger partial charge in [0, 0.05) is 57.5 Å². The number of ether oxygens (including phenoxy) is 1. The highest BCUT2D eigenvalue weighted by molar-refractivity contribution is 6.09. The maximum Gasteiger partial charge on any atom is 0.137 e. The Labute approximate surface area is 409 Å². The van der Waals surface area contributed by atoms with E-state index in [0.29, 0.717) is 6.67 Å². The van der Waals surface area contributed by atoms with Crippen molar-refractivity contribution in [2.45, 2.75) is 90.9 Å². The molecule has 0 saturated carbocycles. The van der Waals surface area contributed by atoms with Crippen LogP contribution in [0.5, 0.6) is 11.5 Å². The summed E-state index contributed by atoms with van der Waals surface area (Å²) in [4.78, 5) is 9.89. The van der Waals surface area contributed by atoms with Crippen LogP contribution < -0.4 is 14.5 Å². The molecule has 0 fully saturated rings. The van der Waals surface area contributed by atoms with Crippen LogP contribution in [0.2, 0.25) is 0 Å². The smallest absolute Gasteiger partial charge is 0.137 e. The van der Waals surface area contributed by atoms with Crippen LogP contribution in [0.4, 0.5) is 11.4 Å². The SMILES string of the molecule is CC(C)(C)c1cc(N2CN(c3cc(Oc4ccc5c6ccccc6n(-c6cc(C(C)(C)c7ccccc7)ccn6)c5c4)cc(C(C)(C)c4ccccc4)c3)C=C2c2ccccc2)cc(C(C)(C)C)c1. The second-order valence-electron chi connectivity index (χ2n) is 21.9. The average molecular weight is 905 g/mol. The molecule has 2 aromatic heterocycles. The van der Waals surface area contributed by atoms with Crippen molar-refractivity contribution < 1.29 is 4.74 Å². The Kier molecular flexibility index (Phi) is 11.4. The molecule has 1 aliphatic heterocycles. The molecule has 0 amide bonds. The van der Waals surface area contributed by atoms with Crippen molar-refractivity contribution in [1.82, 2.24) is 9.55 Å². The molecule has 0 aliphatic carbocycles. The number of pyridine rings is 1. The van der Waals surface area contributed by atoms with Crippen LogP contribution in [0.3, 0.4) is 0 Å². The molecule has 9 aromatic rings. The van der Waals surface area contributed by atoms with Crippen LogP contribution in [-0.2, 0) is 21.7 Å². The van der Waals surface area contributed by atoms with Gasteiger partial charge in [-0.1, -0.05) is 184 Å². The lowest BCUT2D eigenvalue weighted by Gasteiger charge is -2.31. The monoisotopic (exact) mass is 905 g/mol. The van der Waals surface area contributed by atoms with Crippen LogP contribution in [0.15, 0.2) is 194 Å². The zero-order valence-corrected chi connectivity index (χ0v) is 41.9. The third-order valence-corrected chi connectivity index (χ3v) is 14.4. The molecule has 0 N–H and O–H groups in total. The highest BCUT2D eigenvalue weighted by Crippen LogP contribution is 2.44. The number of hydrogen-bond acceptors (Lipinski definition) is 4. The lowest BCUT2D eigenvalue weighted by Crippen LogP contribution is -2.28. The van der Waals surface area contributed by atoms with Gasteiger partial charge in [-0.15, -0.1) is 0 Å². The number of nitrogens with zero attached hydrogens (tertiary/aromatic N) is 4. The molecule has 5 nitrogen and oxygen atoms in total. The van der Waals surface area contributed by atoms with Crippen molar-refractivity contribution in [2.75, 3.05) is 16.5 Å². The van der Waals surface area contributed by atoms with Crippen molar-refractivity contribution in [3.63, 3.8) is 0 Å². The summed E-state index contributed by atoms with van der Waals surface area (Å²) in [5, 5.41) is 2.32. The van der Waals surface area contributed by atoms with E-state index in [2.05, 4.69) is 272 Å². The molecule has 0 saturated heterocycles. The number of anilines is 2. The predicted octanol–water partition coefficient (Wildman–Crippen LogP) is 16.5. The van der Waals surface area contributed by atoms with E-state index in [1.807, 2.05) is 6.20 Å². The molecular formula is C64H64N4O. The molecule has 0 unspecified atom stereocenters. The van der Waals surface area contributed by atoms with E-state index in [9.17, 15) is 0 Å². The Balaban J connectivity index is 1.09. The summed E-state index contributed by atoms with van der Waals surface area (Å²) in [5.74, 6) is 2.40. The number of rotatable bonds is 10. The first kappa shape index (κ1) is 45.4. The fourth-order valence-corrected chi connectivity index (χ4v) is 9.87. The molecule has 0 spiro atoms. The van der Waals surface area contributed by atoms with Gasteiger partial charge in [0.1, 0.15) is 17.3 Å². The Hall–Kier alpha value is -7.37. The quantitative estimate of drug-likeness (QED) is 0.137. The summed E-state index contributed by atoms with van der Waals surface area (Å²) in [7, 11) is 0. The van der Waals surface area contributed by atoms with E-state index >= 15 is 0 Å². The van der Waals surface area contributed by atoms with Gasteiger partial charge < -0.3 is 14.5 Å². The zero-order chi connectivity index (χ0) is 48.3. The van der Waals surface area contributed by atoms with Crippen molar-refractivity contribution in [3.05, 3.63) is 233 Å². The Bertz CT molecular complexity index is 3320. The minimum Gasteiger partial charge on any atom is -0.457 e. The van der Waals surface area contributed by atoms with Gasteiger partial charge in [-0.2, -0.15) is 0 Å². The number of aromatic nitrogens is 2. The van der Waals surface area contributed by atoms with Gasteiger partial charge in [0.15, 0.2) is 0 Å². The third kappa shape index (κ3) is 8.72. The van der Waals surface area contributed by atoms with E-state index in [0.717, 1.165) is 50.7 Å². The molecule has 3 heterocycles. The van der Waals surface area contributed by atoms with Gasteiger partial charge in [0.05, 0.1) is 23.4 Å². The summed E-state index contributed by atoms with van der Waals surface area (Å²) >= 11 is 0. The zero-order valence-electron chi connectivity index (χ0n) is 41.9. The van der Waals surface area contributed by atoms with E-state index in [1.165, 1.54) is 44.5 Å². The minimum absolute atomic E-state index is 0.0210. The summed E-state index contributed by atoms with van der Waals surface area (Å²) in [6.45, 7) is 23.7. The Morgan fingerprint density at radius 3 is 1.64 bits per heavy atom. The largest absolute Gasteiger partial charge is 0.457 e. The predicted molar refractivity (Wildman–Crippen MR) is 290 cm³/mol. The highest BCUT2D eigenvalue weighted by Gasteiger charge is 2.31. The topological polar surface area (TPSA) is 33.5 Å². The number of hydrogen-bond donors (Lipinski definition) is 0. The Morgan fingerprint density at radius 2 is 1.00 bits per heavy atom. The van der Waals surface area contributed by atoms with E-state index in [-0.39, 0.29) is 21.7 Å². The van der Waals surface area contributed by atoms with Crippen LogP contribution in [0.25, 0.3) is 33.3 Å². The van der Waals surface area contributed by atoms with E-state index < -0.39 is 0 Å². The molecule has 346 valence electrons. The van der Waals surface area contributed by atoms with Crippen LogP contribution >= 0.6 is 0 Å². The van der Waals surface area contributed by atoms with Gasteiger partial charge in [-0.25, -0.2) is 4.98 Å². The molecular weight excluding hydrogens is 841 g/mol. The third-order valence-electron chi connectivity index (χ3n) is 14.4. The van der Waals surface area contributed by atoms with Crippen LogP contribution in [0.1, 0.15) is 108 Å². The average Bonchev–Trinajstić information content (AvgIpc) is 3.94. The van der Waals surface area contributed by atoms with Crippen LogP contribution in [0, 0.1) is 0 Å². The van der Waals surface area contributed by atoms with Gasteiger partial charge in [0.2, 0.25) is 0 Å². The second-order valence-corrected chi connectivity index (χ2v) is 21.9. The number of benzene rings is 7. The summed E-state index contributed by atoms with van der Waals surface area (Å²) in [6.07, 6.45) is 4.26. The normalized spacial score (nSPS) is 13.6. The van der Waals surface area contributed by atoms with E-state index in [4.69, 9.17) is 9.72 Å². The molecule has 5 heteroatoms. The molecule has 0 radical (unpaired) electrons. The lowest BCUT2D eigenvalue weighted by molar-refractivity contribution is 0.480. The number of para-hydroxylation sites is 1. The Morgan fingerprint density at radius 1 is 0.435 bits per heavy atom. The van der Waals surface area contributed by atoms with Gasteiger partial charge in [-0.3, -0.25) is 4.57 Å². The van der Waals surface area contributed by atoms with Crippen molar-refractivity contribution in [1.29, 1.82) is 0 Å². The lowest BCUT2D eigenvalue weighted by atomic mass is 9.78. The highest BCUT2D eigenvalue weighted by atomic mass is 16.5. The first-order valence-corrected chi connectivity index (χ1v) is 24.4. The van der Waals surface area contributed by atoms with E-state index in [1.54, 1.807) is 0 Å². The molecule has 0 atom stereocenters. The summed E-state index contributed by atoms with van der Waals surface area (Å²) < 4.78 is 9.40. The summed E-state index contributed by atoms with van der Waals surface area (Å²) in [6, 6.07) is 65.8. The van der Waals surface area contributed by atoms with Gasteiger partial charge in [0.25, 0.3) is 0 Å². The maximum absolute atomic E-state index is 7.12. The van der Waals surface area contributed by atoms with Gasteiger partial charge >= 0.3 is 0 Å². The van der Waals surface area contributed by atoms with Crippen molar-refractivity contribution >= 4 is 38.9 Å². The molecule has 69 heavy (non-hydrogen) atoms. The van der Waals surface area contributed by atoms with Gasteiger partial charge in [-0.05, 0) is 104 Å². The second kappa shape index (κ2) is 17.3. The van der Waals surface area contributed by atoms with Crippen LogP contribution in [-0.4, -0.2) is 16.2 Å². The fourth-order valence-electron chi connectivity index (χ4n) is 9.87.